The second-order valence-electron chi connectivity index (χ2n) is 4.41. The molecule has 1 fully saturated rings. The lowest BCUT2D eigenvalue weighted by Crippen LogP contribution is -2.31. The molecule has 0 spiro atoms. The van der Waals surface area contributed by atoms with Crippen LogP contribution in [0, 0.1) is 5.92 Å². The van der Waals surface area contributed by atoms with Gasteiger partial charge in [0.15, 0.2) is 0 Å². The molecule has 1 aliphatic rings. The van der Waals surface area contributed by atoms with E-state index in [0.29, 0.717) is 18.4 Å². The summed E-state index contributed by atoms with van der Waals surface area (Å²) < 4.78 is 35.9. The Labute approximate surface area is 89.4 Å². The summed E-state index contributed by atoms with van der Waals surface area (Å²) in [7, 11) is 0. The van der Waals surface area contributed by atoms with Gasteiger partial charge in [-0.2, -0.15) is 13.2 Å². The van der Waals surface area contributed by atoms with Crippen molar-refractivity contribution >= 4 is 0 Å². The van der Waals surface area contributed by atoms with E-state index in [4.69, 9.17) is 0 Å². The van der Waals surface area contributed by atoms with E-state index >= 15 is 0 Å². The van der Waals surface area contributed by atoms with Gasteiger partial charge in [0.25, 0.3) is 0 Å². The molecule has 90 valence electrons. The summed E-state index contributed by atoms with van der Waals surface area (Å²) in [5.74, 6) is 0.643. The van der Waals surface area contributed by atoms with Gasteiger partial charge in [-0.15, -0.1) is 0 Å². The Bertz CT molecular complexity index is 175. The smallest absolute Gasteiger partial charge is 0.314 e. The molecule has 1 unspecified atom stereocenters. The van der Waals surface area contributed by atoms with Crippen molar-refractivity contribution in [1.29, 1.82) is 0 Å². The van der Waals surface area contributed by atoms with Crippen LogP contribution < -0.4 is 5.32 Å². The Kier molecular flexibility index (Phi) is 4.90. The second kappa shape index (κ2) is 5.73. The molecular weight excluding hydrogens is 203 g/mol. The Morgan fingerprint density at radius 1 is 1.33 bits per heavy atom. The van der Waals surface area contributed by atoms with Crippen molar-refractivity contribution in [2.24, 2.45) is 5.92 Å². The third kappa shape index (κ3) is 6.03. The van der Waals surface area contributed by atoms with Gasteiger partial charge in [-0.1, -0.05) is 6.92 Å². The summed E-state index contributed by atoms with van der Waals surface area (Å²) in [5.41, 5.74) is 0. The Hall–Kier alpha value is -0.250. The van der Waals surface area contributed by atoms with Gasteiger partial charge in [-0.3, -0.25) is 0 Å². The Balaban J connectivity index is 2.14. The number of halogens is 3. The minimum absolute atomic E-state index is 0.265. The second-order valence-corrected chi connectivity index (χ2v) is 4.41. The van der Waals surface area contributed by atoms with Crippen molar-refractivity contribution in [3.05, 3.63) is 0 Å². The summed E-state index contributed by atoms with van der Waals surface area (Å²) in [6.45, 7) is 3.00. The zero-order valence-corrected chi connectivity index (χ0v) is 9.24. The van der Waals surface area contributed by atoms with E-state index in [2.05, 4.69) is 12.2 Å². The maximum atomic E-state index is 12.0. The predicted octanol–water partition coefficient (Wildman–Crippen LogP) is 3.50. The standard InChI is InChI=1S/C11H20F3N/c1-2-8-15-10(9-5-6-9)4-3-7-11(12,13)14/h9-10,15H,2-8H2,1H3. The number of hydrogen-bond donors (Lipinski definition) is 1. The van der Waals surface area contributed by atoms with Crippen molar-refractivity contribution in [1.82, 2.24) is 5.32 Å². The van der Waals surface area contributed by atoms with Gasteiger partial charge in [0.1, 0.15) is 0 Å². The van der Waals surface area contributed by atoms with Gasteiger partial charge < -0.3 is 5.32 Å². The summed E-state index contributed by atoms with van der Waals surface area (Å²) in [6, 6.07) is 0.326. The lowest BCUT2D eigenvalue weighted by Gasteiger charge is -2.18. The van der Waals surface area contributed by atoms with E-state index in [1.54, 1.807) is 0 Å². The van der Waals surface area contributed by atoms with Crippen molar-refractivity contribution in [2.45, 2.75) is 57.7 Å². The third-order valence-electron chi connectivity index (χ3n) is 2.82. The molecule has 4 heteroatoms. The highest BCUT2D eigenvalue weighted by atomic mass is 19.4. The molecule has 15 heavy (non-hydrogen) atoms. The highest BCUT2D eigenvalue weighted by Crippen LogP contribution is 2.35. The molecule has 1 atom stereocenters. The molecule has 0 aromatic carbocycles. The number of alkyl halides is 3. The molecule has 0 bridgehead atoms. The minimum Gasteiger partial charge on any atom is -0.314 e. The largest absolute Gasteiger partial charge is 0.389 e. The molecule has 1 saturated carbocycles. The number of hydrogen-bond acceptors (Lipinski definition) is 1. The first-order chi connectivity index (χ1) is 7.03. The van der Waals surface area contributed by atoms with E-state index < -0.39 is 12.6 Å². The highest BCUT2D eigenvalue weighted by Gasteiger charge is 2.32. The molecular formula is C11H20F3N. The molecule has 0 aliphatic heterocycles. The summed E-state index contributed by atoms with van der Waals surface area (Å²) in [5, 5.41) is 3.35. The van der Waals surface area contributed by atoms with Gasteiger partial charge >= 0.3 is 6.18 Å². The quantitative estimate of drug-likeness (QED) is 0.696. The van der Waals surface area contributed by atoms with E-state index in [1.807, 2.05) is 0 Å². The van der Waals surface area contributed by atoms with Crippen LogP contribution in [-0.4, -0.2) is 18.8 Å². The van der Waals surface area contributed by atoms with E-state index in [-0.39, 0.29) is 6.42 Å². The summed E-state index contributed by atoms with van der Waals surface area (Å²) in [6.07, 6.45) is -0.266. The van der Waals surface area contributed by atoms with Crippen LogP contribution in [0.15, 0.2) is 0 Å². The lowest BCUT2D eigenvalue weighted by atomic mass is 10.0. The molecule has 0 aromatic heterocycles. The zero-order chi connectivity index (χ0) is 11.3. The molecule has 1 aliphatic carbocycles. The first-order valence-electron chi connectivity index (χ1n) is 5.83. The Morgan fingerprint density at radius 2 is 2.00 bits per heavy atom. The van der Waals surface area contributed by atoms with Crippen LogP contribution in [0.3, 0.4) is 0 Å². The SMILES string of the molecule is CCCNC(CCCC(F)(F)F)C1CC1. The maximum Gasteiger partial charge on any atom is 0.389 e. The predicted molar refractivity (Wildman–Crippen MR) is 54.7 cm³/mol. The van der Waals surface area contributed by atoms with E-state index in [9.17, 15) is 13.2 Å². The first kappa shape index (κ1) is 12.8. The molecule has 0 heterocycles. The fraction of sp³-hybridized carbons (Fsp3) is 1.00. The van der Waals surface area contributed by atoms with Gasteiger partial charge in [0.2, 0.25) is 0 Å². The van der Waals surface area contributed by atoms with Crippen molar-refractivity contribution < 1.29 is 13.2 Å². The van der Waals surface area contributed by atoms with Crippen molar-refractivity contribution in [3.8, 4) is 0 Å². The zero-order valence-electron chi connectivity index (χ0n) is 9.24. The van der Waals surface area contributed by atoms with Crippen LogP contribution in [0.1, 0.15) is 45.4 Å². The van der Waals surface area contributed by atoms with Crippen LogP contribution >= 0.6 is 0 Å². The van der Waals surface area contributed by atoms with Crippen LogP contribution in [0.2, 0.25) is 0 Å². The van der Waals surface area contributed by atoms with Crippen molar-refractivity contribution in [2.75, 3.05) is 6.54 Å². The fourth-order valence-electron chi connectivity index (χ4n) is 1.86. The molecule has 0 saturated heterocycles. The molecule has 0 aromatic rings. The monoisotopic (exact) mass is 223 g/mol. The molecule has 0 radical (unpaired) electrons. The van der Waals surface area contributed by atoms with Crippen molar-refractivity contribution in [3.63, 3.8) is 0 Å². The average molecular weight is 223 g/mol. The van der Waals surface area contributed by atoms with Gasteiger partial charge in [0.05, 0.1) is 0 Å². The fourth-order valence-corrected chi connectivity index (χ4v) is 1.86. The summed E-state index contributed by atoms with van der Waals surface area (Å²) >= 11 is 0. The molecule has 1 nitrogen and oxygen atoms in total. The van der Waals surface area contributed by atoms with Gasteiger partial charge in [0, 0.05) is 12.5 Å². The number of rotatable bonds is 7. The number of nitrogens with one attached hydrogen (secondary N) is 1. The van der Waals surface area contributed by atoms with Gasteiger partial charge in [-0.05, 0) is 44.6 Å². The highest BCUT2D eigenvalue weighted by molar-refractivity contribution is 4.86. The van der Waals surface area contributed by atoms with Gasteiger partial charge in [-0.25, -0.2) is 0 Å². The first-order valence-corrected chi connectivity index (χ1v) is 5.83. The molecule has 1 rings (SSSR count). The topological polar surface area (TPSA) is 12.0 Å². The van der Waals surface area contributed by atoms with E-state index in [1.165, 1.54) is 12.8 Å². The Morgan fingerprint density at radius 3 is 2.47 bits per heavy atom. The molecule has 1 N–H and O–H groups in total. The van der Waals surface area contributed by atoms with Crippen LogP contribution in [0.25, 0.3) is 0 Å². The lowest BCUT2D eigenvalue weighted by molar-refractivity contribution is -0.135. The third-order valence-corrected chi connectivity index (χ3v) is 2.82. The molecule has 0 amide bonds. The van der Waals surface area contributed by atoms with Crippen LogP contribution in [-0.2, 0) is 0 Å². The maximum absolute atomic E-state index is 12.0. The van der Waals surface area contributed by atoms with Crippen LogP contribution in [0.5, 0.6) is 0 Å². The van der Waals surface area contributed by atoms with Crippen LogP contribution in [0.4, 0.5) is 13.2 Å². The normalized spacial score (nSPS) is 19.2. The van der Waals surface area contributed by atoms with E-state index in [0.717, 1.165) is 13.0 Å². The minimum atomic E-state index is -3.99. The average Bonchev–Trinajstić information content (AvgIpc) is 2.92. The summed E-state index contributed by atoms with van der Waals surface area (Å²) in [4.78, 5) is 0.